The van der Waals surface area contributed by atoms with Gasteiger partial charge in [-0.1, -0.05) is 29.8 Å². The maximum absolute atomic E-state index is 13.2. The first kappa shape index (κ1) is 23.1. The number of aliphatic hydroxyl groups is 1. The molecule has 33 heavy (non-hydrogen) atoms. The van der Waals surface area contributed by atoms with E-state index in [9.17, 15) is 19.8 Å². The number of halogens is 1. The minimum atomic E-state index is -0.888. The Kier molecular flexibility index (Phi) is 6.88. The van der Waals surface area contributed by atoms with Crippen molar-refractivity contribution < 1.29 is 29.3 Å². The highest BCUT2D eigenvalue weighted by Gasteiger charge is 2.47. The van der Waals surface area contributed by atoms with Crippen LogP contribution in [0.5, 0.6) is 11.5 Å². The van der Waals surface area contributed by atoms with Crippen molar-refractivity contribution in [1.82, 2.24) is 9.80 Å². The van der Waals surface area contributed by atoms with Crippen LogP contribution in [0.1, 0.15) is 17.2 Å². The summed E-state index contributed by atoms with van der Waals surface area (Å²) in [4.78, 5) is 29.9. The summed E-state index contributed by atoms with van der Waals surface area (Å²) < 4.78 is 10.9. The minimum Gasteiger partial charge on any atom is -0.507 e. The number of methoxy groups -OCH3 is 1. The van der Waals surface area contributed by atoms with Crippen LogP contribution in [0.2, 0.25) is 5.02 Å². The molecule has 0 bridgehead atoms. The van der Waals surface area contributed by atoms with E-state index < -0.39 is 23.5 Å². The molecule has 1 atom stereocenters. The molecule has 2 aliphatic heterocycles. The van der Waals surface area contributed by atoms with Gasteiger partial charge in [0.05, 0.1) is 37.5 Å². The first-order valence-corrected chi connectivity index (χ1v) is 11.0. The van der Waals surface area contributed by atoms with Crippen LogP contribution in [-0.2, 0) is 14.3 Å². The molecule has 0 aromatic heterocycles. The Hall–Kier alpha value is -3.07. The Morgan fingerprint density at radius 2 is 1.88 bits per heavy atom. The number of Topliss-reactive ketones (excluding diaryl/α,β-unsaturated/α-hetero) is 1. The van der Waals surface area contributed by atoms with E-state index >= 15 is 0 Å². The molecule has 0 unspecified atom stereocenters. The van der Waals surface area contributed by atoms with Crippen molar-refractivity contribution in [3.63, 3.8) is 0 Å². The number of likely N-dealkylation sites (tertiary alicyclic amines) is 1. The zero-order chi connectivity index (χ0) is 23.5. The molecule has 2 aromatic rings. The second-order valence-electron chi connectivity index (χ2n) is 7.85. The molecule has 0 aliphatic carbocycles. The maximum atomic E-state index is 13.2. The Labute approximate surface area is 196 Å². The Balaban J connectivity index is 1.81. The number of aromatic hydroxyl groups is 1. The maximum Gasteiger partial charge on any atom is 0.295 e. The minimum absolute atomic E-state index is 0.0198. The number of aliphatic hydroxyl groups excluding tert-OH is 1. The van der Waals surface area contributed by atoms with Crippen LogP contribution in [0, 0.1) is 0 Å². The average Bonchev–Trinajstić information content (AvgIpc) is 3.09. The smallest absolute Gasteiger partial charge is 0.295 e. The summed E-state index contributed by atoms with van der Waals surface area (Å²) in [6, 6.07) is 10.3. The van der Waals surface area contributed by atoms with E-state index in [2.05, 4.69) is 4.90 Å². The molecule has 8 nitrogen and oxygen atoms in total. The van der Waals surface area contributed by atoms with E-state index in [1.807, 2.05) is 0 Å². The third kappa shape index (κ3) is 4.55. The topological polar surface area (TPSA) is 99.5 Å². The average molecular weight is 473 g/mol. The lowest BCUT2D eigenvalue weighted by Gasteiger charge is -2.31. The van der Waals surface area contributed by atoms with Gasteiger partial charge < -0.3 is 24.6 Å². The normalized spacial score (nSPS) is 20.9. The number of phenols is 1. The number of carbonyl (C=O) groups excluding carboxylic acids is 2. The molecule has 0 radical (unpaired) electrons. The van der Waals surface area contributed by atoms with Gasteiger partial charge in [0.1, 0.15) is 17.3 Å². The fourth-order valence-electron chi connectivity index (χ4n) is 4.24. The largest absolute Gasteiger partial charge is 0.507 e. The lowest BCUT2D eigenvalue weighted by Crippen LogP contribution is -2.42. The number of ether oxygens (including phenoxy) is 2. The predicted octanol–water partition coefficient (Wildman–Crippen LogP) is 2.81. The van der Waals surface area contributed by atoms with Gasteiger partial charge in [0.2, 0.25) is 0 Å². The number of carbonyl (C=O) groups is 2. The van der Waals surface area contributed by atoms with E-state index in [4.69, 9.17) is 21.1 Å². The van der Waals surface area contributed by atoms with E-state index in [0.29, 0.717) is 31.1 Å². The van der Waals surface area contributed by atoms with Crippen molar-refractivity contribution in [3.05, 3.63) is 64.2 Å². The van der Waals surface area contributed by atoms with E-state index in [-0.39, 0.29) is 28.5 Å². The number of amides is 1. The molecule has 0 spiro atoms. The molecule has 2 aliphatic rings. The number of ketones is 1. The van der Waals surface area contributed by atoms with Gasteiger partial charge in [-0.25, -0.2) is 0 Å². The van der Waals surface area contributed by atoms with Gasteiger partial charge in [-0.2, -0.15) is 0 Å². The molecule has 9 heteroatoms. The quantitative estimate of drug-likeness (QED) is 0.379. The molecule has 0 saturated carbocycles. The molecule has 2 heterocycles. The Morgan fingerprint density at radius 1 is 1.15 bits per heavy atom. The Bertz CT molecular complexity index is 1100. The second-order valence-corrected chi connectivity index (χ2v) is 8.29. The van der Waals surface area contributed by atoms with Gasteiger partial charge in [0.15, 0.2) is 0 Å². The van der Waals surface area contributed by atoms with E-state index in [1.54, 1.807) is 24.3 Å². The van der Waals surface area contributed by atoms with Crippen LogP contribution in [0.25, 0.3) is 5.76 Å². The molecule has 2 saturated heterocycles. The van der Waals surface area contributed by atoms with Gasteiger partial charge in [0, 0.05) is 36.8 Å². The fourth-order valence-corrected chi connectivity index (χ4v) is 4.42. The Morgan fingerprint density at radius 3 is 2.61 bits per heavy atom. The lowest BCUT2D eigenvalue weighted by molar-refractivity contribution is -0.140. The van der Waals surface area contributed by atoms with Crippen LogP contribution >= 0.6 is 11.6 Å². The monoisotopic (exact) mass is 472 g/mol. The summed E-state index contributed by atoms with van der Waals surface area (Å²) in [6.45, 7) is 3.51. The molecule has 2 aromatic carbocycles. The molecule has 2 N–H and O–H groups in total. The van der Waals surface area contributed by atoms with Gasteiger partial charge in [-0.05, 0) is 24.3 Å². The standard InChI is InChI=1S/C24H25ClN2O6/c1-32-19-5-3-2-4-16(19)21-20(22(29)17-14-15(25)6-7-18(17)28)23(30)24(31)27(21)9-8-26-10-12-33-13-11-26/h2-7,14,21,28-29H,8-13H2,1H3/t21-/m1/s1. The first-order chi connectivity index (χ1) is 15.9. The molecule has 4 rings (SSSR count). The molecular weight excluding hydrogens is 448 g/mol. The highest BCUT2D eigenvalue weighted by atomic mass is 35.5. The highest BCUT2D eigenvalue weighted by molar-refractivity contribution is 6.46. The van der Waals surface area contributed by atoms with E-state index in [1.165, 1.54) is 30.2 Å². The SMILES string of the molecule is COc1ccccc1[C@@H]1C(=C(O)c2cc(Cl)ccc2O)C(=O)C(=O)N1CCN1CCOCC1. The van der Waals surface area contributed by atoms with Gasteiger partial charge >= 0.3 is 0 Å². The summed E-state index contributed by atoms with van der Waals surface area (Å²) in [5.74, 6) is -1.82. The number of hydrogen-bond acceptors (Lipinski definition) is 7. The number of phenolic OH excluding ortho intramolecular Hbond substituents is 1. The number of rotatable bonds is 6. The van der Waals surface area contributed by atoms with Crippen LogP contribution in [0.15, 0.2) is 48.0 Å². The summed E-state index contributed by atoms with van der Waals surface area (Å²) >= 11 is 6.06. The summed E-state index contributed by atoms with van der Waals surface area (Å²) in [7, 11) is 1.50. The molecule has 2 fully saturated rings. The summed E-state index contributed by atoms with van der Waals surface area (Å²) in [6.07, 6.45) is 0. The zero-order valence-corrected chi connectivity index (χ0v) is 18.9. The van der Waals surface area contributed by atoms with Crippen molar-refractivity contribution in [2.45, 2.75) is 6.04 Å². The van der Waals surface area contributed by atoms with Gasteiger partial charge in [-0.15, -0.1) is 0 Å². The first-order valence-electron chi connectivity index (χ1n) is 10.6. The number of para-hydroxylation sites is 1. The fraction of sp³-hybridized carbons (Fsp3) is 0.333. The van der Waals surface area contributed by atoms with Crippen molar-refractivity contribution in [2.24, 2.45) is 0 Å². The highest BCUT2D eigenvalue weighted by Crippen LogP contribution is 2.43. The van der Waals surface area contributed by atoms with Crippen LogP contribution in [0.4, 0.5) is 0 Å². The van der Waals surface area contributed by atoms with Crippen molar-refractivity contribution in [3.8, 4) is 11.5 Å². The number of nitrogens with zero attached hydrogens (tertiary/aromatic N) is 2. The predicted molar refractivity (Wildman–Crippen MR) is 122 cm³/mol. The van der Waals surface area contributed by atoms with Gasteiger partial charge in [-0.3, -0.25) is 14.5 Å². The van der Waals surface area contributed by atoms with Gasteiger partial charge in [0.25, 0.3) is 11.7 Å². The third-order valence-electron chi connectivity index (χ3n) is 5.95. The van der Waals surface area contributed by atoms with Crippen molar-refractivity contribution >= 4 is 29.1 Å². The molecule has 174 valence electrons. The zero-order valence-electron chi connectivity index (χ0n) is 18.2. The number of morpholine rings is 1. The molecule has 1 amide bonds. The lowest BCUT2D eigenvalue weighted by atomic mass is 9.94. The van der Waals surface area contributed by atoms with Crippen LogP contribution in [-0.4, -0.2) is 78.2 Å². The second kappa shape index (κ2) is 9.82. The van der Waals surface area contributed by atoms with E-state index in [0.717, 1.165) is 13.1 Å². The van der Waals surface area contributed by atoms with Crippen LogP contribution < -0.4 is 4.74 Å². The van der Waals surface area contributed by atoms with Crippen molar-refractivity contribution in [1.29, 1.82) is 0 Å². The third-order valence-corrected chi connectivity index (χ3v) is 6.18. The summed E-state index contributed by atoms with van der Waals surface area (Å²) in [5, 5.41) is 21.7. The summed E-state index contributed by atoms with van der Waals surface area (Å²) in [5.41, 5.74) is 0.418. The number of hydrogen-bond donors (Lipinski definition) is 2. The number of benzene rings is 2. The van der Waals surface area contributed by atoms with Crippen LogP contribution in [0.3, 0.4) is 0 Å². The molecular formula is C24H25ClN2O6. The van der Waals surface area contributed by atoms with Crippen molar-refractivity contribution in [2.75, 3.05) is 46.5 Å².